The van der Waals surface area contributed by atoms with Crippen molar-refractivity contribution >= 4 is 40.7 Å². The van der Waals surface area contributed by atoms with Crippen molar-refractivity contribution in [2.75, 3.05) is 33.5 Å². The number of ether oxygens (including phenoxy) is 3. The first-order valence-electron chi connectivity index (χ1n) is 11.2. The number of esters is 1. The van der Waals surface area contributed by atoms with Gasteiger partial charge in [-0.15, -0.1) is 0 Å². The van der Waals surface area contributed by atoms with Crippen LogP contribution in [0.4, 0.5) is 0 Å². The van der Waals surface area contributed by atoms with Crippen LogP contribution < -0.4 is 10.6 Å². The van der Waals surface area contributed by atoms with Crippen LogP contribution in [-0.4, -0.2) is 80.4 Å². The Kier molecular flexibility index (Phi) is 11.6. The van der Waals surface area contributed by atoms with Crippen molar-refractivity contribution in [1.29, 1.82) is 5.41 Å². The minimum absolute atomic E-state index is 0.0438. The number of H-pyrrole nitrogens is 1. The molecule has 11 heteroatoms. The van der Waals surface area contributed by atoms with Crippen molar-refractivity contribution in [3.8, 4) is 0 Å². The Balaban J connectivity index is 2.08. The lowest BCUT2D eigenvalue weighted by atomic mass is 10.0. The summed E-state index contributed by atoms with van der Waals surface area (Å²) in [4.78, 5) is 52.3. The molecule has 2 atom stereocenters. The van der Waals surface area contributed by atoms with Crippen molar-refractivity contribution in [3.05, 3.63) is 36.0 Å². The molecule has 0 saturated carbocycles. The van der Waals surface area contributed by atoms with Crippen molar-refractivity contribution in [1.82, 2.24) is 15.6 Å². The number of aromatic nitrogens is 1. The first-order valence-corrected chi connectivity index (χ1v) is 11.2. The van der Waals surface area contributed by atoms with Gasteiger partial charge in [0.25, 0.3) is 0 Å². The molecule has 0 aliphatic heterocycles. The van der Waals surface area contributed by atoms with E-state index >= 15 is 0 Å². The highest BCUT2D eigenvalue weighted by molar-refractivity contribution is 6.26. The molecule has 0 spiro atoms. The van der Waals surface area contributed by atoms with E-state index in [2.05, 4.69) is 15.6 Å². The number of methoxy groups -OCH3 is 1. The molecule has 1 aromatic heterocycles. The Labute approximate surface area is 203 Å². The lowest BCUT2D eigenvalue weighted by Crippen LogP contribution is -2.52. The van der Waals surface area contributed by atoms with Gasteiger partial charge in [-0.25, -0.2) is 4.79 Å². The molecule has 11 nitrogen and oxygen atoms in total. The highest BCUT2D eigenvalue weighted by Crippen LogP contribution is 2.19. The van der Waals surface area contributed by atoms with Gasteiger partial charge in [0.15, 0.2) is 5.78 Å². The molecule has 2 amide bonds. The summed E-state index contributed by atoms with van der Waals surface area (Å²) in [5.41, 5.74) is 1.71. The number of Topliss-reactive ketones (excluding diaryl/α,β-unsaturated/α-hetero) is 1. The maximum atomic E-state index is 13.1. The topological polar surface area (TPSA) is 160 Å². The van der Waals surface area contributed by atoms with Gasteiger partial charge in [-0.2, -0.15) is 0 Å². The molecule has 0 saturated heterocycles. The fourth-order valence-electron chi connectivity index (χ4n) is 3.40. The minimum atomic E-state index is -1.13. The average Bonchev–Trinajstić information content (AvgIpc) is 3.25. The van der Waals surface area contributed by atoms with Crippen LogP contribution in [-0.2, 0) is 39.8 Å². The smallest absolute Gasteiger partial charge is 0.328 e. The standard InChI is InChI=1S/C24H32N4O7/c1-16(29)27-22(13-17-15-26-20-6-4-3-5-19(17)20)23(31)28-21(8-7-18(30)14-25)24(32)35-12-11-34-10-9-33-2/h3-6,14-15,21-22,25-26H,7-13H2,1-2H3,(H,27,29)(H,28,31)/t21-,22-/m0/s1. The van der Waals surface area contributed by atoms with Crippen LogP contribution in [0.3, 0.4) is 0 Å². The molecule has 1 heterocycles. The first kappa shape index (κ1) is 27.7. The maximum absolute atomic E-state index is 13.1. The third-order valence-corrected chi connectivity index (χ3v) is 5.14. The summed E-state index contributed by atoms with van der Waals surface area (Å²) in [5, 5.41) is 13.2. The van der Waals surface area contributed by atoms with E-state index in [1.54, 1.807) is 13.3 Å². The Morgan fingerprint density at radius 1 is 1.06 bits per heavy atom. The molecule has 0 aliphatic rings. The van der Waals surface area contributed by atoms with Crippen LogP contribution in [0.1, 0.15) is 25.3 Å². The van der Waals surface area contributed by atoms with Gasteiger partial charge in [0.05, 0.1) is 26.0 Å². The van der Waals surface area contributed by atoms with E-state index in [0.29, 0.717) is 19.4 Å². The lowest BCUT2D eigenvalue weighted by Gasteiger charge is -2.22. The normalized spacial score (nSPS) is 12.5. The average molecular weight is 489 g/mol. The molecule has 0 bridgehead atoms. The molecular formula is C24H32N4O7. The second kappa shape index (κ2) is 14.6. The van der Waals surface area contributed by atoms with Gasteiger partial charge < -0.3 is 35.2 Å². The van der Waals surface area contributed by atoms with Crippen LogP contribution in [0.25, 0.3) is 10.9 Å². The van der Waals surface area contributed by atoms with Crippen LogP contribution in [0.2, 0.25) is 0 Å². The number of para-hydroxylation sites is 1. The number of amides is 2. The second-order valence-corrected chi connectivity index (χ2v) is 7.80. The molecule has 0 unspecified atom stereocenters. The first-order chi connectivity index (χ1) is 16.8. The van der Waals surface area contributed by atoms with Gasteiger partial charge in [0.1, 0.15) is 18.7 Å². The summed E-state index contributed by atoms with van der Waals surface area (Å²) in [7, 11) is 1.54. The van der Waals surface area contributed by atoms with E-state index in [0.717, 1.165) is 16.5 Å². The van der Waals surface area contributed by atoms with E-state index < -0.39 is 35.7 Å². The number of carbonyl (C=O) groups excluding carboxylic acids is 4. The number of aromatic amines is 1. The van der Waals surface area contributed by atoms with Crippen LogP contribution >= 0.6 is 0 Å². The summed E-state index contributed by atoms with van der Waals surface area (Å²) in [5.74, 6) is -2.22. The number of nitrogens with one attached hydrogen (secondary N) is 4. The molecule has 4 N–H and O–H groups in total. The predicted octanol–water partition coefficient (Wildman–Crippen LogP) is 0.905. The zero-order chi connectivity index (χ0) is 25.6. The molecule has 2 rings (SSSR count). The van der Waals surface area contributed by atoms with Crippen LogP contribution in [0.5, 0.6) is 0 Å². The van der Waals surface area contributed by atoms with Gasteiger partial charge in [-0.1, -0.05) is 18.2 Å². The van der Waals surface area contributed by atoms with Gasteiger partial charge in [-0.3, -0.25) is 14.4 Å². The zero-order valence-corrected chi connectivity index (χ0v) is 19.9. The number of hydrogen-bond donors (Lipinski definition) is 4. The Bertz CT molecular complexity index is 1020. The monoisotopic (exact) mass is 488 g/mol. The molecule has 190 valence electrons. The Hall–Kier alpha value is -3.57. The van der Waals surface area contributed by atoms with Crippen molar-refractivity contribution < 1.29 is 33.4 Å². The van der Waals surface area contributed by atoms with Gasteiger partial charge in [0, 0.05) is 44.0 Å². The zero-order valence-electron chi connectivity index (χ0n) is 19.9. The van der Waals surface area contributed by atoms with Crippen molar-refractivity contribution in [2.24, 2.45) is 0 Å². The lowest BCUT2D eigenvalue weighted by molar-refractivity contribution is -0.150. The SMILES string of the molecule is COCCOCCOC(=O)[C@H](CCC(=O)C=N)NC(=O)[C@H](Cc1c[nH]c2ccccc12)NC(C)=O. The van der Waals surface area contributed by atoms with Gasteiger partial charge in [0.2, 0.25) is 11.8 Å². The number of fused-ring (bicyclic) bond motifs is 1. The quantitative estimate of drug-likeness (QED) is 0.155. The summed E-state index contributed by atoms with van der Waals surface area (Å²) >= 11 is 0. The summed E-state index contributed by atoms with van der Waals surface area (Å²) in [6, 6.07) is 5.47. The van der Waals surface area contributed by atoms with E-state index in [4.69, 9.17) is 19.6 Å². The highest BCUT2D eigenvalue weighted by atomic mass is 16.6. The fourth-order valence-corrected chi connectivity index (χ4v) is 3.40. The molecule has 1 aromatic carbocycles. The molecule has 0 radical (unpaired) electrons. The van der Waals surface area contributed by atoms with Gasteiger partial charge in [-0.05, 0) is 18.1 Å². The van der Waals surface area contributed by atoms with E-state index in [1.807, 2.05) is 24.3 Å². The van der Waals surface area contributed by atoms with Crippen LogP contribution in [0.15, 0.2) is 30.5 Å². The minimum Gasteiger partial charge on any atom is -0.462 e. The van der Waals surface area contributed by atoms with E-state index in [-0.39, 0.29) is 32.5 Å². The predicted molar refractivity (Wildman–Crippen MR) is 128 cm³/mol. The van der Waals surface area contributed by atoms with Gasteiger partial charge >= 0.3 is 5.97 Å². The number of benzene rings is 1. The number of carbonyl (C=O) groups is 4. The number of hydrogen-bond acceptors (Lipinski definition) is 8. The molecule has 2 aromatic rings. The largest absolute Gasteiger partial charge is 0.462 e. The third-order valence-electron chi connectivity index (χ3n) is 5.14. The van der Waals surface area contributed by atoms with Crippen molar-refractivity contribution in [2.45, 2.75) is 38.3 Å². The molecule has 35 heavy (non-hydrogen) atoms. The third kappa shape index (κ3) is 9.30. The van der Waals surface area contributed by atoms with Crippen molar-refractivity contribution in [3.63, 3.8) is 0 Å². The highest BCUT2D eigenvalue weighted by Gasteiger charge is 2.28. The molecule has 0 aliphatic carbocycles. The second-order valence-electron chi connectivity index (χ2n) is 7.80. The Morgan fingerprint density at radius 2 is 1.80 bits per heavy atom. The number of rotatable bonds is 16. The van der Waals surface area contributed by atoms with E-state index in [9.17, 15) is 19.2 Å². The number of ketones is 1. The molecule has 0 fully saturated rings. The summed E-state index contributed by atoms with van der Waals surface area (Å²) in [6.07, 6.45) is 2.43. The van der Waals surface area contributed by atoms with E-state index in [1.165, 1.54) is 6.92 Å². The molecular weight excluding hydrogens is 456 g/mol. The van der Waals surface area contributed by atoms with Crippen LogP contribution in [0, 0.1) is 5.41 Å². The maximum Gasteiger partial charge on any atom is 0.328 e. The Morgan fingerprint density at radius 3 is 2.51 bits per heavy atom. The summed E-state index contributed by atoms with van der Waals surface area (Å²) < 4.78 is 15.3. The fraction of sp³-hybridized carbons (Fsp3) is 0.458. The summed E-state index contributed by atoms with van der Waals surface area (Å²) in [6.45, 7) is 2.14.